The first-order valence-corrected chi connectivity index (χ1v) is 8.66. The highest BCUT2D eigenvalue weighted by Gasteiger charge is 2.34. The quantitative estimate of drug-likeness (QED) is 0.915. The maximum atomic E-state index is 12.6. The van der Waals surface area contributed by atoms with Crippen molar-refractivity contribution in [1.82, 2.24) is 4.31 Å². The molecule has 1 fully saturated rings. The fourth-order valence-electron chi connectivity index (χ4n) is 2.36. The smallest absolute Gasteiger partial charge is 0.256 e. The maximum absolute atomic E-state index is 12.6. The van der Waals surface area contributed by atoms with E-state index in [1.54, 1.807) is 15.8 Å². The molecule has 108 valence electrons. The van der Waals surface area contributed by atoms with E-state index in [9.17, 15) is 8.42 Å². The molecule has 2 atom stereocenters. The molecule has 1 aromatic heterocycles. The van der Waals surface area contributed by atoms with E-state index >= 15 is 0 Å². The van der Waals surface area contributed by atoms with Gasteiger partial charge in [0.05, 0.1) is 7.11 Å². The van der Waals surface area contributed by atoms with E-state index in [0.29, 0.717) is 23.0 Å². The number of hydrogen-bond acceptors (Lipinski definition) is 5. The molecule has 7 heteroatoms. The first-order valence-electron chi connectivity index (χ1n) is 6.34. The van der Waals surface area contributed by atoms with Crippen LogP contribution in [0.2, 0.25) is 0 Å². The molecule has 5 nitrogen and oxygen atoms in total. The summed E-state index contributed by atoms with van der Waals surface area (Å²) < 4.78 is 32.2. The number of rotatable bonds is 4. The second kappa shape index (κ2) is 5.78. The average Bonchev–Trinajstić information content (AvgIpc) is 2.88. The molecule has 1 aliphatic rings. The fraction of sp³-hybridized carbons (Fsp3) is 0.667. The lowest BCUT2D eigenvalue weighted by atomic mass is 9.93. The van der Waals surface area contributed by atoms with Crippen molar-refractivity contribution < 1.29 is 13.2 Å². The van der Waals surface area contributed by atoms with Crippen LogP contribution in [0.3, 0.4) is 0 Å². The Bertz CT molecular complexity index is 525. The third-order valence-electron chi connectivity index (χ3n) is 3.55. The molecule has 0 aromatic carbocycles. The molecule has 2 N–H and O–H groups in total. The summed E-state index contributed by atoms with van der Waals surface area (Å²) in [5, 5.41) is 1.73. The molecule has 0 spiro atoms. The first-order chi connectivity index (χ1) is 8.96. The van der Waals surface area contributed by atoms with Gasteiger partial charge in [-0.25, -0.2) is 8.42 Å². The molecule has 2 heterocycles. The zero-order chi connectivity index (χ0) is 14.0. The normalized spacial score (nSPS) is 23.2. The van der Waals surface area contributed by atoms with Crippen molar-refractivity contribution in [2.24, 2.45) is 11.7 Å². The molecule has 1 aromatic rings. The predicted molar refractivity (Wildman–Crippen MR) is 76.0 cm³/mol. The number of methoxy groups -OCH3 is 1. The number of nitrogens with two attached hydrogens (primary N) is 1. The third-order valence-corrected chi connectivity index (χ3v) is 6.84. The van der Waals surface area contributed by atoms with Gasteiger partial charge in [-0.15, -0.1) is 11.3 Å². The van der Waals surface area contributed by atoms with Crippen molar-refractivity contribution in [1.29, 1.82) is 0 Å². The molecule has 0 bridgehead atoms. The van der Waals surface area contributed by atoms with Crippen molar-refractivity contribution >= 4 is 21.4 Å². The van der Waals surface area contributed by atoms with Gasteiger partial charge in [0.1, 0.15) is 5.75 Å². The number of hydrogen-bond donors (Lipinski definition) is 1. The summed E-state index contributed by atoms with van der Waals surface area (Å²) in [6.45, 7) is 3.00. The zero-order valence-corrected chi connectivity index (χ0v) is 12.8. The van der Waals surface area contributed by atoms with Gasteiger partial charge in [-0.05, 0) is 37.1 Å². The number of thiophene rings is 1. The molecule has 19 heavy (non-hydrogen) atoms. The largest absolute Gasteiger partial charge is 0.494 e. The van der Waals surface area contributed by atoms with E-state index in [2.05, 4.69) is 0 Å². The summed E-state index contributed by atoms with van der Waals surface area (Å²) in [4.78, 5) is 0. The van der Waals surface area contributed by atoms with Gasteiger partial charge >= 0.3 is 0 Å². The van der Waals surface area contributed by atoms with Crippen LogP contribution in [-0.2, 0) is 10.0 Å². The molecular weight excluding hydrogens is 284 g/mol. The SMILES string of the molecule is COc1ccsc1S(=O)(=O)N1CCC[C@@H]([C@@H](C)N)C1. The number of ether oxygens (including phenoxy) is 1. The number of sulfonamides is 1. The van der Waals surface area contributed by atoms with Crippen molar-refractivity contribution in [3.8, 4) is 5.75 Å². The molecule has 1 aliphatic heterocycles. The minimum atomic E-state index is -3.46. The summed E-state index contributed by atoms with van der Waals surface area (Å²) in [7, 11) is -1.97. The van der Waals surface area contributed by atoms with E-state index in [1.807, 2.05) is 6.92 Å². The van der Waals surface area contributed by atoms with E-state index in [4.69, 9.17) is 10.5 Å². The van der Waals surface area contributed by atoms with E-state index < -0.39 is 10.0 Å². The maximum Gasteiger partial charge on any atom is 0.256 e. The zero-order valence-electron chi connectivity index (χ0n) is 11.2. The Kier molecular flexibility index (Phi) is 4.50. The van der Waals surface area contributed by atoms with Crippen LogP contribution in [-0.4, -0.2) is 39.0 Å². The van der Waals surface area contributed by atoms with Gasteiger partial charge in [-0.1, -0.05) is 0 Å². The Labute approximate surface area is 118 Å². The Morgan fingerprint density at radius 1 is 1.58 bits per heavy atom. The van der Waals surface area contributed by atoms with Gasteiger partial charge in [-0.2, -0.15) is 4.31 Å². The molecular formula is C12H20N2O3S2. The van der Waals surface area contributed by atoms with Crippen LogP contribution >= 0.6 is 11.3 Å². The standard InChI is InChI=1S/C12H20N2O3S2/c1-9(13)10-4-3-6-14(8-10)19(15,16)12-11(17-2)5-7-18-12/h5,7,9-10H,3-4,6,8,13H2,1-2H3/t9-,10-/m1/s1. The number of piperidine rings is 1. The topological polar surface area (TPSA) is 72.6 Å². The van der Waals surface area contributed by atoms with Crippen LogP contribution in [0.25, 0.3) is 0 Å². The molecule has 0 amide bonds. The van der Waals surface area contributed by atoms with Gasteiger partial charge in [0.2, 0.25) is 0 Å². The first kappa shape index (κ1) is 14.8. The predicted octanol–water partition coefficient (Wildman–Crippen LogP) is 1.50. The highest BCUT2D eigenvalue weighted by atomic mass is 32.2. The lowest BCUT2D eigenvalue weighted by molar-refractivity contribution is 0.243. The summed E-state index contributed by atoms with van der Waals surface area (Å²) in [6, 6.07) is 1.70. The van der Waals surface area contributed by atoms with Gasteiger partial charge in [0.25, 0.3) is 10.0 Å². The Morgan fingerprint density at radius 3 is 2.95 bits per heavy atom. The van der Waals surface area contributed by atoms with Gasteiger partial charge in [0.15, 0.2) is 4.21 Å². The molecule has 1 saturated heterocycles. The molecule has 2 rings (SSSR count). The van der Waals surface area contributed by atoms with Gasteiger partial charge in [-0.3, -0.25) is 0 Å². The number of nitrogens with zero attached hydrogens (tertiary/aromatic N) is 1. The van der Waals surface area contributed by atoms with Crippen LogP contribution in [0.5, 0.6) is 5.75 Å². The minimum Gasteiger partial charge on any atom is -0.494 e. The van der Waals surface area contributed by atoms with E-state index in [-0.39, 0.29) is 12.0 Å². The lowest BCUT2D eigenvalue weighted by Gasteiger charge is -2.33. The molecule has 0 radical (unpaired) electrons. The summed E-state index contributed by atoms with van der Waals surface area (Å²) in [5.74, 6) is 0.655. The second-order valence-electron chi connectivity index (χ2n) is 4.90. The molecule has 0 aliphatic carbocycles. The minimum absolute atomic E-state index is 0.0169. The van der Waals surface area contributed by atoms with Crippen LogP contribution in [0.4, 0.5) is 0 Å². The highest BCUT2D eigenvalue weighted by molar-refractivity contribution is 7.91. The van der Waals surface area contributed by atoms with Crippen LogP contribution in [0.15, 0.2) is 15.7 Å². The van der Waals surface area contributed by atoms with Gasteiger partial charge < -0.3 is 10.5 Å². The average molecular weight is 304 g/mol. The second-order valence-corrected chi connectivity index (χ2v) is 7.95. The fourth-order valence-corrected chi connectivity index (χ4v) is 5.31. The van der Waals surface area contributed by atoms with Gasteiger partial charge in [0, 0.05) is 19.1 Å². The summed E-state index contributed by atoms with van der Waals surface area (Å²) in [6.07, 6.45) is 1.85. The molecule has 0 saturated carbocycles. The van der Waals surface area contributed by atoms with E-state index in [1.165, 1.54) is 18.4 Å². The van der Waals surface area contributed by atoms with Crippen LogP contribution < -0.4 is 10.5 Å². The summed E-state index contributed by atoms with van der Waals surface area (Å²) >= 11 is 1.20. The highest BCUT2D eigenvalue weighted by Crippen LogP contribution is 2.34. The summed E-state index contributed by atoms with van der Waals surface area (Å²) in [5.41, 5.74) is 5.90. The van der Waals surface area contributed by atoms with Crippen LogP contribution in [0, 0.1) is 5.92 Å². The van der Waals surface area contributed by atoms with Crippen molar-refractivity contribution in [3.05, 3.63) is 11.4 Å². The van der Waals surface area contributed by atoms with Crippen LogP contribution in [0.1, 0.15) is 19.8 Å². The van der Waals surface area contributed by atoms with Crippen molar-refractivity contribution in [2.75, 3.05) is 20.2 Å². The monoisotopic (exact) mass is 304 g/mol. The van der Waals surface area contributed by atoms with E-state index in [0.717, 1.165) is 12.8 Å². The van der Waals surface area contributed by atoms with Crippen molar-refractivity contribution in [3.63, 3.8) is 0 Å². The lowest BCUT2D eigenvalue weighted by Crippen LogP contribution is -2.44. The Hall–Kier alpha value is -0.630. The Morgan fingerprint density at radius 2 is 2.32 bits per heavy atom. The molecule has 0 unspecified atom stereocenters. The third kappa shape index (κ3) is 2.94. The Balaban J connectivity index is 2.25. The van der Waals surface area contributed by atoms with Crippen molar-refractivity contribution in [2.45, 2.75) is 30.0 Å².